The molecule has 3 fully saturated rings. The van der Waals surface area contributed by atoms with Gasteiger partial charge in [0.05, 0.1) is 28.8 Å². The van der Waals surface area contributed by atoms with Crippen molar-refractivity contribution in [3.63, 3.8) is 0 Å². The van der Waals surface area contributed by atoms with E-state index >= 15 is 0 Å². The lowest BCUT2D eigenvalue weighted by Gasteiger charge is -2.24. The van der Waals surface area contributed by atoms with Crippen LogP contribution in [-0.2, 0) is 27.5 Å². The van der Waals surface area contributed by atoms with Crippen molar-refractivity contribution in [1.82, 2.24) is 20.0 Å². The average molecular weight is 570 g/mol. The van der Waals surface area contributed by atoms with Gasteiger partial charge in [-0.1, -0.05) is 36.2 Å². The topological polar surface area (TPSA) is 110 Å². The monoisotopic (exact) mass is 569 g/mol. The SMILES string of the molecule is CN1C(C(=O)NCc2cccc(Cl)c2F)CC2CCCC21.Cc1nn(CC=O)c2ccc(C3CC3)cc12.NC=O. The number of amides is 2. The highest BCUT2D eigenvalue weighted by Gasteiger charge is 2.44. The van der Waals surface area contributed by atoms with E-state index in [9.17, 15) is 14.0 Å². The number of likely N-dealkylation sites (tertiary alicyclic amines) is 1. The Morgan fingerprint density at radius 3 is 2.62 bits per heavy atom. The molecule has 3 N–H and O–H groups in total. The molecule has 1 aliphatic heterocycles. The maximum atomic E-state index is 13.8. The second-order valence-electron chi connectivity index (χ2n) is 10.7. The highest BCUT2D eigenvalue weighted by molar-refractivity contribution is 6.30. The van der Waals surface area contributed by atoms with Gasteiger partial charge in [0.2, 0.25) is 12.3 Å². The molecule has 2 saturated carbocycles. The molecular formula is C30H37ClFN5O3. The molecule has 6 rings (SSSR count). The highest BCUT2D eigenvalue weighted by atomic mass is 35.5. The third kappa shape index (κ3) is 6.70. The van der Waals surface area contributed by atoms with Gasteiger partial charge in [0.25, 0.3) is 0 Å². The van der Waals surface area contributed by atoms with E-state index < -0.39 is 5.82 Å². The Morgan fingerprint density at radius 2 is 1.95 bits per heavy atom. The molecule has 214 valence electrons. The largest absolute Gasteiger partial charge is 0.372 e. The van der Waals surface area contributed by atoms with Crippen LogP contribution in [0.3, 0.4) is 0 Å². The molecule has 3 aliphatic rings. The molecule has 3 aromatic rings. The molecule has 3 unspecified atom stereocenters. The first kappa shape index (κ1) is 29.7. The number of halogens is 2. The first-order valence-corrected chi connectivity index (χ1v) is 14.1. The number of hydrogen-bond acceptors (Lipinski definition) is 5. The lowest BCUT2D eigenvalue weighted by Crippen LogP contribution is -2.43. The second kappa shape index (κ2) is 13.4. The standard InChI is InChI=1S/C16H20ClFN2O.C13H14N2O.CH3NO/c1-20-13-7-3-4-10(13)8-14(20)16(21)19-9-11-5-2-6-12(17)15(11)18;1-9-12-8-11(10-2-3-10)4-5-13(12)15(14-9)6-7-16;2-1-3/h2,5-6,10,13-14H,3-4,7-9H2,1H3,(H,19,21);4-5,7-8,10H,2-3,6H2,1H3;1H,(H2,2,3). The molecule has 2 aromatic carbocycles. The van der Waals surface area contributed by atoms with Crippen LogP contribution in [0, 0.1) is 18.7 Å². The number of carbonyl (C=O) groups is 3. The summed E-state index contributed by atoms with van der Waals surface area (Å²) in [6, 6.07) is 11.8. The van der Waals surface area contributed by atoms with Crippen molar-refractivity contribution in [2.45, 2.75) is 76.5 Å². The summed E-state index contributed by atoms with van der Waals surface area (Å²) in [5, 5.41) is 8.51. The van der Waals surface area contributed by atoms with E-state index in [0.29, 0.717) is 24.1 Å². The molecule has 10 heteroatoms. The van der Waals surface area contributed by atoms with Gasteiger partial charge in [-0.15, -0.1) is 0 Å². The fourth-order valence-corrected chi connectivity index (χ4v) is 6.22. The second-order valence-corrected chi connectivity index (χ2v) is 11.1. The molecular weight excluding hydrogens is 533 g/mol. The summed E-state index contributed by atoms with van der Waals surface area (Å²) < 4.78 is 15.6. The summed E-state index contributed by atoms with van der Waals surface area (Å²) in [6.45, 7) is 2.53. The predicted molar refractivity (Wildman–Crippen MR) is 153 cm³/mol. The number of aryl methyl sites for hydroxylation is 1. The Bertz CT molecular complexity index is 1360. The Balaban J connectivity index is 0.000000173. The van der Waals surface area contributed by atoms with E-state index in [-0.39, 0.29) is 29.9 Å². The number of likely N-dealkylation sites (N-methyl/N-ethyl adjacent to an activating group) is 1. The number of nitrogens with one attached hydrogen (secondary N) is 1. The van der Waals surface area contributed by atoms with E-state index in [1.807, 2.05) is 14.0 Å². The maximum Gasteiger partial charge on any atom is 0.237 e. The molecule has 8 nitrogen and oxygen atoms in total. The van der Waals surface area contributed by atoms with E-state index in [4.69, 9.17) is 16.4 Å². The van der Waals surface area contributed by atoms with Crippen LogP contribution in [0.25, 0.3) is 10.9 Å². The van der Waals surface area contributed by atoms with Gasteiger partial charge >= 0.3 is 0 Å². The number of carbonyl (C=O) groups excluding carboxylic acids is 3. The Kier molecular flexibility index (Phi) is 9.92. The van der Waals surface area contributed by atoms with Crippen molar-refractivity contribution in [3.05, 3.63) is 64.1 Å². The predicted octanol–water partition coefficient (Wildman–Crippen LogP) is 4.49. The van der Waals surface area contributed by atoms with Crippen molar-refractivity contribution in [2.24, 2.45) is 11.7 Å². The van der Waals surface area contributed by atoms with Crippen LogP contribution >= 0.6 is 11.6 Å². The third-order valence-corrected chi connectivity index (χ3v) is 8.49. The summed E-state index contributed by atoms with van der Waals surface area (Å²) in [5.74, 6) is 0.953. The van der Waals surface area contributed by atoms with Gasteiger partial charge in [0.1, 0.15) is 12.1 Å². The molecule has 3 atom stereocenters. The fraction of sp³-hybridized carbons (Fsp3) is 0.467. The van der Waals surface area contributed by atoms with Crippen LogP contribution in [0.4, 0.5) is 4.39 Å². The zero-order chi connectivity index (χ0) is 28.8. The number of benzene rings is 2. The molecule has 1 saturated heterocycles. The molecule has 2 heterocycles. The Labute approximate surface area is 239 Å². The van der Waals surface area contributed by atoms with Gasteiger partial charge in [-0.05, 0) is 81.7 Å². The van der Waals surface area contributed by atoms with E-state index in [2.05, 4.69) is 39.2 Å². The molecule has 2 aliphatic carbocycles. The Morgan fingerprint density at radius 1 is 1.20 bits per heavy atom. The first-order valence-electron chi connectivity index (χ1n) is 13.8. The van der Waals surface area contributed by atoms with Gasteiger partial charge < -0.3 is 15.8 Å². The zero-order valence-corrected chi connectivity index (χ0v) is 23.7. The van der Waals surface area contributed by atoms with E-state index in [1.165, 1.54) is 49.1 Å². The van der Waals surface area contributed by atoms with Crippen LogP contribution in [-0.4, -0.2) is 52.4 Å². The number of nitrogens with zero attached hydrogens (tertiary/aromatic N) is 3. The van der Waals surface area contributed by atoms with Crippen molar-refractivity contribution < 1.29 is 18.8 Å². The highest BCUT2D eigenvalue weighted by Crippen LogP contribution is 2.41. The number of aromatic nitrogens is 2. The number of rotatable bonds is 6. The van der Waals surface area contributed by atoms with Gasteiger partial charge in [0, 0.05) is 23.5 Å². The number of aldehydes is 1. The van der Waals surface area contributed by atoms with Crippen LogP contribution in [0.15, 0.2) is 36.4 Å². The van der Waals surface area contributed by atoms with Crippen LogP contribution in [0.5, 0.6) is 0 Å². The third-order valence-electron chi connectivity index (χ3n) is 8.20. The number of nitrogens with two attached hydrogens (primary N) is 1. The van der Waals surface area contributed by atoms with Gasteiger partial charge in [-0.3, -0.25) is 19.2 Å². The van der Waals surface area contributed by atoms with Crippen molar-refractivity contribution in [3.8, 4) is 0 Å². The van der Waals surface area contributed by atoms with Gasteiger partial charge in [-0.25, -0.2) is 4.39 Å². The summed E-state index contributed by atoms with van der Waals surface area (Å²) in [6.07, 6.45) is 8.36. The van der Waals surface area contributed by atoms with Gasteiger partial charge in [-0.2, -0.15) is 5.10 Å². The van der Waals surface area contributed by atoms with Crippen molar-refractivity contribution in [1.29, 1.82) is 0 Å². The number of hydrogen-bond donors (Lipinski definition) is 2. The minimum Gasteiger partial charge on any atom is -0.372 e. The van der Waals surface area contributed by atoms with Gasteiger partial charge in [0.15, 0.2) is 0 Å². The normalized spacial score (nSPS) is 21.6. The molecule has 2 amide bonds. The van der Waals surface area contributed by atoms with Crippen molar-refractivity contribution >= 4 is 41.1 Å². The average Bonchev–Trinajstić information content (AvgIpc) is 3.50. The fourth-order valence-electron chi connectivity index (χ4n) is 6.03. The Hall–Kier alpha value is -3.30. The van der Waals surface area contributed by atoms with Crippen molar-refractivity contribution in [2.75, 3.05) is 7.05 Å². The summed E-state index contributed by atoms with van der Waals surface area (Å²) in [5.41, 5.74) is 8.09. The van der Waals surface area contributed by atoms with Crippen LogP contribution < -0.4 is 11.1 Å². The summed E-state index contributed by atoms with van der Waals surface area (Å²) in [4.78, 5) is 33.7. The quantitative estimate of drug-likeness (QED) is 0.425. The van der Waals surface area contributed by atoms with E-state index in [1.54, 1.807) is 16.8 Å². The molecule has 1 aromatic heterocycles. The molecule has 40 heavy (non-hydrogen) atoms. The van der Waals surface area contributed by atoms with Crippen LogP contribution in [0.1, 0.15) is 61.3 Å². The zero-order valence-electron chi connectivity index (χ0n) is 23.0. The first-order chi connectivity index (χ1) is 19.3. The van der Waals surface area contributed by atoms with E-state index in [0.717, 1.165) is 29.8 Å². The molecule has 0 bridgehead atoms. The lowest BCUT2D eigenvalue weighted by atomic mass is 10.0. The van der Waals surface area contributed by atoms with Crippen LogP contribution in [0.2, 0.25) is 5.02 Å². The number of fused-ring (bicyclic) bond motifs is 2. The smallest absolute Gasteiger partial charge is 0.237 e. The lowest BCUT2D eigenvalue weighted by molar-refractivity contribution is -0.125. The number of primary amides is 1. The minimum absolute atomic E-state index is 0.00808. The summed E-state index contributed by atoms with van der Waals surface area (Å²) in [7, 11) is 2.03. The molecule has 0 spiro atoms. The maximum absolute atomic E-state index is 13.8. The molecule has 0 radical (unpaired) electrons. The minimum atomic E-state index is -0.448. The summed E-state index contributed by atoms with van der Waals surface area (Å²) >= 11 is 5.75.